The average molecular weight is 646 g/mol. The molecule has 3 nitrogen and oxygen atoms in total. The molecule has 2 unspecified atom stereocenters. The monoisotopic (exact) mass is 645 g/mol. The van der Waals surface area contributed by atoms with Gasteiger partial charge in [0.25, 0.3) is 0 Å². The quantitative estimate of drug-likeness (QED) is 0.171. The summed E-state index contributed by atoms with van der Waals surface area (Å²) < 4.78 is 24.2. The van der Waals surface area contributed by atoms with Crippen LogP contribution >= 0.6 is 7.92 Å². The Labute approximate surface area is 278 Å². The highest BCUT2D eigenvalue weighted by atomic mass is 32.2. The van der Waals surface area contributed by atoms with E-state index in [1.165, 1.54) is 27.0 Å². The smallest absolute Gasteiger partial charge is 0.139 e. The molecule has 5 aromatic rings. The molecule has 46 heavy (non-hydrogen) atoms. The topological polar surface area (TPSA) is 38.3 Å². The van der Waals surface area contributed by atoms with Crippen LogP contribution in [0.5, 0.6) is 11.5 Å². The van der Waals surface area contributed by atoms with Crippen LogP contribution in [0.25, 0.3) is 0 Å². The van der Waals surface area contributed by atoms with Gasteiger partial charge in [-0.05, 0) is 56.3 Å². The highest BCUT2D eigenvalue weighted by molar-refractivity contribution is 7.84. The molecule has 0 aliphatic carbocycles. The normalized spacial score (nSPS) is 15.2. The number of ether oxygens (including phenoxy) is 1. The van der Waals surface area contributed by atoms with Gasteiger partial charge in [-0.1, -0.05) is 149 Å². The molecule has 2 atom stereocenters. The van der Waals surface area contributed by atoms with E-state index >= 15 is 0 Å². The Morgan fingerprint density at radius 3 is 1.72 bits per heavy atom. The van der Waals surface area contributed by atoms with Crippen LogP contribution < -0.4 is 25.4 Å². The number of nitrogens with one attached hydrogen (secondary N) is 1. The minimum atomic E-state index is -1.32. The van der Waals surface area contributed by atoms with Crippen molar-refractivity contribution in [2.24, 2.45) is 0 Å². The molecule has 0 bridgehead atoms. The molecule has 1 aliphatic heterocycles. The van der Waals surface area contributed by atoms with Crippen molar-refractivity contribution in [2.75, 3.05) is 0 Å². The van der Waals surface area contributed by atoms with Crippen LogP contribution in [0.15, 0.2) is 121 Å². The van der Waals surface area contributed by atoms with Crippen molar-refractivity contribution in [1.29, 1.82) is 0 Å². The van der Waals surface area contributed by atoms with Crippen LogP contribution in [0.2, 0.25) is 0 Å². The Balaban J connectivity index is 1.57. The van der Waals surface area contributed by atoms with Gasteiger partial charge in [0.15, 0.2) is 0 Å². The molecule has 1 N–H and O–H groups in total. The fourth-order valence-electron chi connectivity index (χ4n) is 6.40. The number of benzene rings is 5. The van der Waals surface area contributed by atoms with Gasteiger partial charge < -0.3 is 4.74 Å². The third kappa shape index (κ3) is 6.11. The van der Waals surface area contributed by atoms with Crippen molar-refractivity contribution in [3.05, 3.63) is 149 Å². The highest BCUT2D eigenvalue weighted by Crippen LogP contribution is 2.53. The number of hydrogen-bond acceptors (Lipinski definition) is 2. The van der Waals surface area contributed by atoms with E-state index in [4.69, 9.17) is 4.74 Å². The summed E-state index contributed by atoms with van der Waals surface area (Å²) in [6, 6.07) is 42.9. The summed E-state index contributed by atoms with van der Waals surface area (Å²) in [5.74, 6) is 2.08. The maximum Gasteiger partial charge on any atom is 0.139 e. The standard InChI is InChI=1S/C41H44NO2PS/c1-28(2)31-22-14-15-23-32(31)37(42-46(43)40(3,4)5)33-24-16-25-34-38(33)44-39-35(41(34,6)7)26-17-27-36(39)45(29-18-10-8-11-19-29)30-20-12-9-13-21-30/h8-28,37,42H,1-7H3. The van der Waals surface area contributed by atoms with Crippen molar-refractivity contribution in [1.82, 2.24) is 4.72 Å². The Morgan fingerprint density at radius 2 is 1.15 bits per heavy atom. The van der Waals surface area contributed by atoms with E-state index in [1.54, 1.807) is 0 Å². The number of hydrogen-bond donors (Lipinski definition) is 1. The van der Waals surface area contributed by atoms with E-state index in [1.807, 2.05) is 20.8 Å². The predicted octanol–water partition coefficient (Wildman–Crippen LogP) is 9.14. The van der Waals surface area contributed by atoms with Crippen molar-refractivity contribution in [3.63, 3.8) is 0 Å². The van der Waals surface area contributed by atoms with E-state index in [-0.39, 0.29) is 11.5 Å². The summed E-state index contributed by atoms with van der Waals surface area (Å²) in [7, 11) is -2.21. The second-order valence-electron chi connectivity index (χ2n) is 13.8. The minimum Gasteiger partial charge on any atom is -0.456 e. The fraction of sp³-hybridized carbons (Fsp3) is 0.268. The maximum absolute atomic E-state index is 13.8. The highest BCUT2D eigenvalue weighted by Gasteiger charge is 2.40. The first-order chi connectivity index (χ1) is 22.0. The maximum atomic E-state index is 13.8. The molecule has 236 valence electrons. The molecule has 0 saturated heterocycles. The summed E-state index contributed by atoms with van der Waals surface area (Å²) in [6.07, 6.45) is 0. The molecule has 0 aromatic heterocycles. The zero-order valence-corrected chi connectivity index (χ0v) is 29.6. The Bertz CT molecular complexity index is 1820. The molecule has 0 fully saturated rings. The second kappa shape index (κ2) is 12.9. The molecule has 1 aliphatic rings. The lowest BCUT2D eigenvalue weighted by atomic mass is 9.74. The largest absolute Gasteiger partial charge is 0.456 e. The van der Waals surface area contributed by atoms with Gasteiger partial charge in [0.05, 0.1) is 21.8 Å². The molecule has 5 heteroatoms. The number of fused-ring (bicyclic) bond motifs is 2. The first-order valence-corrected chi connectivity index (χ1v) is 18.6. The molecule has 0 amide bonds. The lowest BCUT2D eigenvalue weighted by Gasteiger charge is -2.39. The summed E-state index contributed by atoms with van der Waals surface area (Å²) in [5.41, 5.74) is 5.35. The van der Waals surface area contributed by atoms with E-state index < -0.39 is 23.7 Å². The van der Waals surface area contributed by atoms with Gasteiger partial charge in [-0.15, -0.1) is 0 Å². The first-order valence-electron chi connectivity index (χ1n) is 16.1. The van der Waals surface area contributed by atoms with Gasteiger partial charge in [-0.3, -0.25) is 0 Å². The summed E-state index contributed by atoms with van der Waals surface area (Å²) in [4.78, 5) is 0. The zero-order chi connectivity index (χ0) is 32.6. The molecule has 5 aromatic carbocycles. The van der Waals surface area contributed by atoms with Crippen molar-refractivity contribution < 1.29 is 8.95 Å². The van der Waals surface area contributed by atoms with E-state index in [9.17, 15) is 4.21 Å². The van der Waals surface area contributed by atoms with Crippen LogP contribution in [0.4, 0.5) is 0 Å². The molecule has 0 spiro atoms. The molecule has 6 rings (SSSR count). The van der Waals surface area contributed by atoms with E-state index in [2.05, 4.69) is 154 Å². The van der Waals surface area contributed by atoms with Crippen LogP contribution in [-0.4, -0.2) is 8.96 Å². The Kier molecular flexibility index (Phi) is 9.09. The SMILES string of the molecule is CC(C)c1ccccc1C(NS(=O)C(C)(C)C)c1cccc2c1Oc1c(P(c3ccccc3)c3ccccc3)cccc1C2(C)C. The van der Waals surface area contributed by atoms with Gasteiger partial charge in [-0.25, -0.2) is 8.93 Å². The summed E-state index contributed by atoms with van der Waals surface area (Å²) in [6.45, 7) is 15.1. The molecule has 0 radical (unpaired) electrons. The second-order valence-corrected chi connectivity index (χ2v) is 18.0. The summed E-state index contributed by atoms with van der Waals surface area (Å²) >= 11 is 0. The Morgan fingerprint density at radius 1 is 0.652 bits per heavy atom. The van der Waals surface area contributed by atoms with Crippen LogP contribution in [0.1, 0.15) is 88.2 Å². The number of para-hydroxylation sites is 2. The zero-order valence-electron chi connectivity index (χ0n) is 27.9. The molecule has 0 saturated carbocycles. The molecular formula is C41H44NO2PS. The Hall–Kier alpha value is -3.56. The van der Waals surface area contributed by atoms with Gasteiger partial charge >= 0.3 is 0 Å². The third-order valence-electron chi connectivity index (χ3n) is 8.88. The lowest BCUT2D eigenvalue weighted by Crippen LogP contribution is -2.37. The van der Waals surface area contributed by atoms with Crippen molar-refractivity contribution in [3.8, 4) is 11.5 Å². The first kappa shape index (κ1) is 32.4. The molecular weight excluding hydrogens is 601 g/mol. The van der Waals surface area contributed by atoms with Gasteiger partial charge in [0, 0.05) is 27.4 Å². The fourth-order valence-corrected chi connectivity index (χ4v) is 9.62. The van der Waals surface area contributed by atoms with Gasteiger partial charge in [0.1, 0.15) is 11.5 Å². The van der Waals surface area contributed by atoms with Crippen molar-refractivity contribution >= 4 is 34.8 Å². The molecule has 1 heterocycles. The van der Waals surface area contributed by atoms with Crippen LogP contribution in [0.3, 0.4) is 0 Å². The van der Waals surface area contributed by atoms with Gasteiger partial charge in [0.2, 0.25) is 0 Å². The lowest BCUT2D eigenvalue weighted by molar-refractivity contribution is 0.413. The van der Waals surface area contributed by atoms with Crippen LogP contribution in [-0.2, 0) is 16.4 Å². The predicted molar refractivity (Wildman–Crippen MR) is 197 cm³/mol. The summed E-state index contributed by atoms with van der Waals surface area (Å²) in [5, 5.41) is 3.76. The third-order valence-corrected chi connectivity index (χ3v) is 12.9. The average Bonchev–Trinajstić information content (AvgIpc) is 3.04. The van der Waals surface area contributed by atoms with Crippen LogP contribution in [0, 0.1) is 0 Å². The number of rotatable bonds is 8. The van der Waals surface area contributed by atoms with E-state index in [0.717, 1.165) is 28.2 Å². The van der Waals surface area contributed by atoms with Crippen molar-refractivity contribution in [2.45, 2.75) is 70.6 Å². The van der Waals surface area contributed by atoms with Gasteiger partial charge in [-0.2, -0.15) is 0 Å². The van der Waals surface area contributed by atoms with E-state index in [0.29, 0.717) is 5.92 Å². The minimum absolute atomic E-state index is 0.299.